The summed E-state index contributed by atoms with van der Waals surface area (Å²) < 4.78 is 7.04. The number of para-hydroxylation sites is 2. The fourth-order valence-electron chi connectivity index (χ4n) is 3.90. The minimum Gasteiger partial charge on any atom is -0.497 e. The van der Waals surface area contributed by atoms with Crippen LogP contribution in [0.5, 0.6) is 5.75 Å². The fraction of sp³-hybridized carbons (Fsp3) is 0.222. The van der Waals surface area contributed by atoms with Crippen LogP contribution in [0.4, 0.5) is 0 Å². The van der Waals surface area contributed by atoms with E-state index in [1.54, 1.807) is 13.2 Å². The highest BCUT2D eigenvalue weighted by atomic mass is 16.5. The number of rotatable bonds is 8. The third-order valence-electron chi connectivity index (χ3n) is 5.76. The molecule has 0 aliphatic rings. The molecule has 4 rings (SSSR count). The predicted octanol–water partition coefficient (Wildman–Crippen LogP) is 4.16. The van der Waals surface area contributed by atoms with Crippen molar-refractivity contribution in [3.8, 4) is 5.75 Å². The number of aryl methyl sites for hydroxylation is 1. The number of methoxy groups -OCH3 is 1. The van der Waals surface area contributed by atoms with Crippen LogP contribution in [0.3, 0.4) is 0 Å². The Morgan fingerprint density at radius 2 is 1.71 bits per heavy atom. The smallest absolute Gasteiger partial charge is 0.252 e. The summed E-state index contributed by atoms with van der Waals surface area (Å²) >= 11 is 0. The molecular weight excluding hydrogens is 428 g/mol. The number of ether oxygens (including phenoxy) is 1. The van der Waals surface area contributed by atoms with Crippen LogP contribution in [0.2, 0.25) is 0 Å². The van der Waals surface area contributed by atoms with Crippen LogP contribution in [0.1, 0.15) is 40.3 Å². The maximum atomic E-state index is 12.9. The van der Waals surface area contributed by atoms with E-state index in [0.717, 1.165) is 27.9 Å². The molecule has 34 heavy (non-hydrogen) atoms. The van der Waals surface area contributed by atoms with Gasteiger partial charge in [-0.1, -0.05) is 42.5 Å². The largest absolute Gasteiger partial charge is 0.497 e. The van der Waals surface area contributed by atoms with E-state index in [2.05, 4.69) is 10.6 Å². The maximum absolute atomic E-state index is 12.9. The number of aromatic nitrogens is 2. The van der Waals surface area contributed by atoms with E-state index in [0.29, 0.717) is 17.9 Å². The van der Waals surface area contributed by atoms with Crippen LogP contribution in [0, 0.1) is 6.92 Å². The normalized spacial score (nSPS) is 11.7. The molecule has 0 aliphatic carbocycles. The molecule has 3 aromatic carbocycles. The van der Waals surface area contributed by atoms with Gasteiger partial charge in [0, 0.05) is 12.1 Å². The summed E-state index contributed by atoms with van der Waals surface area (Å²) in [5.41, 5.74) is 4.11. The molecule has 2 amide bonds. The molecule has 1 atom stereocenters. The molecular formula is C27H28N4O3. The Balaban J connectivity index is 1.51. The van der Waals surface area contributed by atoms with Crippen molar-refractivity contribution in [3.05, 3.63) is 95.3 Å². The molecule has 2 N–H and O–H groups in total. The van der Waals surface area contributed by atoms with Crippen molar-refractivity contribution in [2.24, 2.45) is 0 Å². The number of fused-ring (bicyclic) bond motifs is 1. The third-order valence-corrected chi connectivity index (χ3v) is 5.76. The number of carbonyl (C=O) groups is 2. The van der Waals surface area contributed by atoms with Gasteiger partial charge in [-0.15, -0.1) is 0 Å². The summed E-state index contributed by atoms with van der Waals surface area (Å²) in [5.74, 6) is 1.08. The first-order valence-corrected chi connectivity index (χ1v) is 11.2. The molecule has 4 aromatic rings. The molecule has 1 aromatic heterocycles. The van der Waals surface area contributed by atoms with Crippen LogP contribution in [-0.2, 0) is 17.9 Å². The van der Waals surface area contributed by atoms with Gasteiger partial charge in [-0.25, -0.2) is 4.98 Å². The van der Waals surface area contributed by atoms with Crippen LogP contribution in [0.15, 0.2) is 72.8 Å². The lowest BCUT2D eigenvalue weighted by Gasteiger charge is -2.17. The van der Waals surface area contributed by atoms with Gasteiger partial charge in [0.15, 0.2) is 0 Å². The Morgan fingerprint density at radius 1 is 1.00 bits per heavy atom. The average molecular weight is 457 g/mol. The molecule has 0 fully saturated rings. The van der Waals surface area contributed by atoms with E-state index in [1.165, 1.54) is 0 Å². The average Bonchev–Trinajstić information content (AvgIpc) is 3.21. The monoisotopic (exact) mass is 456 g/mol. The highest BCUT2D eigenvalue weighted by Gasteiger charge is 2.21. The zero-order valence-electron chi connectivity index (χ0n) is 19.5. The van der Waals surface area contributed by atoms with Crippen molar-refractivity contribution < 1.29 is 14.3 Å². The number of imidazole rings is 1. The molecule has 1 heterocycles. The summed E-state index contributed by atoms with van der Waals surface area (Å²) in [7, 11) is 1.62. The number of hydrogen-bond acceptors (Lipinski definition) is 4. The maximum Gasteiger partial charge on any atom is 0.252 e. The molecule has 7 nitrogen and oxygen atoms in total. The fourth-order valence-corrected chi connectivity index (χ4v) is 3.90. The van der Waals surface area contributed by atoms with E-state index in [1.807, 2.05) is 85.1 Å². The molecule has 0 spiro atoms. The van der Waals surface area contributed by atoms with E-state index in [9.17, 15) is 9.59 Å². The lowest BCUT2D eigenvalue weighted by Crippen LogP contribution is -2.32. The Kier molecular flexibility index (Phi) is 6.92. The summed E-state index contributed by atoms with van der Waals surface area (Å²) in [6.07, 6.45) is 0. The van der Waals surface area contributed by atoms with Crippen molar-refractivity contribution in [2.45, 2.75) is 33.0 Å². The Morgan fingerprint density at radius 3 is 2.44 bits per heavy atom. The van der Waals surface area contributed by atoms with Gasteiger partial charge >= 0.3 is 0 Å². The van der Waals surface area contributed by atoms with E-state index in [-0.39, 0.29) is 18.4 Å². The quantitative estimate of drug-likeness (QED) is 0.417. The van der Waals surface area contributed by atoms with E-state index < -0.39 is 6.04 Å². The lowest BCUT2D eigenvalue weighted by atomic mass is 10.1. The molecule has 0 saturated heterocycles. The van der Waals surface area contributed by atoms with E-state index in [4.69, 9.17) is 9.72 Å². The highest BCUT2D eigenvalue weighted by Crippen LogP contribution is 2.21. The molecule has 0 bridgehead atoms. The van der Waals surface area contributed by atoms with E-state index >= 15 is 0 Å². The number of amides is 2. The first-order valence-electron chi connectivity index (χ1n) is 11.2. The van der Waals surface area contributed by atoms with Gasteiger partial charge in [0.1, 0.15) is 18.1 Å². The minimum absolute atomic E-state index is 0.0938. The molecule has 1 unspecified atom stereocenters. The summed E-state index contributed by atoms with van der Waals surface area (Å²) in [5, 5.41) is 5.99. The van der Waals surface area contributed by atoms with Crippen molar-refractivity contribution in [1.82, 2.24) is 20.2 Å². The van der Waals surface area contributed by atoms with Crippen LogP contribution < -0.4 is 15.4 Å². The van der Waals surface area contributed by atoms with Gasteiger partial charge in [0.05, 0.1) is 24.2 Å². The summed E-state index contributed by atoms with van der Waals surface area (Å²) in [6.45, 7) is 4.28. The van der Waals surface area contributed by atoms with Gasteiger partial charge in [-0.05, 0) is 55.3 Å². The number of hydrogen-bond donors (Lipinski definition) is 2. The molecule has 0 aliphatic heterocycles. The predicted molar refractivity (Wildman–Crippen MR) is 132 cm³/mol. The summed E-state index contributed by atoms with van der Waals surface area (Å²) in [6, 6.07) is 22.3. The number of benzene rings is 3. The zero-order valence-corrected chi connectivity index (χ0v) is 19.5. The van der Waals surface area contributed by atoms with Crippen molar-refractivity contribution >= 4 is 22.8 Å². The first-order chi connectivity index (χ1) is 16.5. The topological polar surface area (TPSA) is 85.2 Å². The van der Waals surface area contributed by atoms with Crippen LogP contribution in [-0.4, -0.2) is 28.5 Å². The van der Waals surface area contributed by atoms with Gasteiger partial charge in [-0.3, -0.25) is 9.59 Å². The number of carbonyl (C=O) groups excluding carboxylic acids is 2. The standard InChI is InChI=1S/C27H28N4O3/c1-18-8-4-5-9-22(18)27(33)29-19(2)26-30-23-10-6-7-11-24(23)31(26)17-25(32)28-16-20-12-14-21(34-3)15-13-20/h4-15,19H,16-17H2,1-3H3,(H,28,32)(H,29,33). The molecule has 7 heteroatoms. The third kappa shape index (κ3) is 5.09. The van der Waals surface area contributed by atoms with Crippen LogP contribution in [0.25, 0.3) is 11.0 Å². The zero-order chi connectivity index (χ0) is 24.1. The van der Waals surface area contributed by atoms with Crippen LogP contribution >= 0.6 is 0 Å². The van der Waals surface area contributed by atoms with Gasteiger partial charge < -0.3 is 19.9 Å². The Bertz CT molecular complexity index is 1310. The molecule has 174 valence electrons. The number of nitrogens with zero attached hydrogens (tertiary/aromatic N) is 2. The second-order valence-electron chi connectivity index (χ2n) is 8.18. The first kappa shape index (κ1) is 23.0. The SMILES string of the molecule is COc1ccc(CNC(=O)Cn2c(C(C)NC(=O)c3ccccc3C)nc3ccccc32)cc1. The van der Waals surface area contributed by atoms with Crippen molar-refractivity contribution in [1.29, 1.82) is 0 Å². The lowest BCUT2D eigenvalue weighted by molar-refractivity contribution is -0.121. The highest BCUT2D eigenvalue weighted by molar-refractivity contribution is 5.95. The second kappa shape index (κ2) is 10.2. The molecule has 0 radical (unpaired) electrons. The van der Waals surface area contributed by atoms with Crippen molar-refractivity contribution in [2.75, 3.05) is 7.11 Å². The Hall–Kier alpha value is -4.13. The second-order valence-corrected chi connectivity index (χ2v) is 8.18. The van der Waals surface area contributed by atoms with Gasteiger partial charge in [0.25, 0.3) is 5.91 Å². The molecule has 0 saturated carbocycles. The summed E-state index contributed by atoms with van der Waals surface area (Å²) in [4.78, 5) is 30.4. The van der Waals surface area contributed by atoms with Crippen molar-refractivity contribution in [3.63, 3.8) is 0 Å². The van der Waals surface area contributed by atoms with Gasteiger partial charge in [-0.2, -0.15) is 0 Å². The number of nitrogens with one attached hydrogen (secondary N) is 2. The Labute approximate surface area is 198 Å². The van der Waals surface area contributed by atoms with Gasteiger partial charge in [0.2, 0.25) is 5.91 Å². The minimum atomic E-state index is -0.395.